The highest BCUT2D eigenvalue weighted by Gasteiger charge is 2.53. The number of carbonyl (C=O) groups is 1. The number of carboxylic acids is 1. The van der Waals surface area contributed by atoms with Crippen molar-refractivity contribution in [2.45, 2.75) is 38.1 Å². The summed E-state index contributed by atoms with van der Waals surface area (Å²) in [4.78, 5) is 15.9. The molecule has 2 aromatic rings. The zero-order valence-electron chi connectivity index (χ0n) is 11.3. The fourth-order valence-electron chi connectivity index (χ4n) is 4.03. The molecule has 2 atom stereocenters. The Morgan fingerprint density at radius 3 is 2.65 bits per heavy atom. The number of carboxylic acid groups (broad SMARTS) is 1. The van der Waals surface area contributed by atoms with Gasteiger partial charge in [0.2, 0.25) is 0 Å². The van der Waals surface area contributed by atoms with Gasteiger partial charge in [-0.15, -0.1) is 0 Å². The molecular formula is C16H18N2O2. The van der Waals surface area contributed by atoms with E-state index in [-0.39, 0.29) is 6.54 Å². The van der Waals surface area contributed by atoms with Crippen molar-refractivity contribution in [1.82, 2.24) is 9.55 Å². The van der Waals surface area contributed by atoms with E-state index in [1.54, 1.807) is 0 Å². The van der Waals surface area contributed by atoms with Crippen LogP contribution in [-0.4, -0.2) is 20.6 Å². The molecule has 2 unspecified atom stereocenters. The second-order valence-electron chi connectivity index (χ2n) is 6.08. The average Bonchev–Trinajstić information content (AvgIpc) is 3.07. The molecule has 0 aliphatic heterocycles. The van der Waals surface area contributed by atoms with Crippen LogP contribution >= 0.6 is 0 Å². The van der Waals surface area contributed by atoms with Crippen molar-refractivity contribution in [2.75, 3.05) is 0 Å². The monoisotopic (exact) mass is 270 g/mol. The number of aliphatic carboxylic acids is 1. The van der Waals surface area contributed by atoms with Gasteiger partial charge in [0, 0.05) is 5.92 Å². The lowest BCUT2D eigenvalue weighted by molar-refractivity contribution is -0.137. The molecule has 0 saturated heterocycles. The van der Waals surface area contributed by atoms with Crippen LogP contribution in [0.2, 0.25) is 0 Å². The summed E-state index contributed by atoms with van der Waals surface area (Å²) in [6, 6.07) is 7.86. The van der Waals surface area contributed by atoms with Gasteiger partial charge in [-0.2, -0.15) is 0 Å². The Morgan fingerprint density at radius 2 is 1.95 bits per heavy atom. The van der Waals surface area contributed by atoms with Crippen LogP contribution in [0.25, 0.3) is 11.0 Å². The maximum absolute atomic E-state index is 11.2. The molecule has 4 nitrogen and oxygen atoms in total. The van der Waals surface area contributed by atoms with Crippen molar-refractivity contribution < 1.29 is 9.90 Å². The normalized spacial score (nSPS) is 28.3. The molecule has 1 N–H and O–H groups in total. The summed E-state index contributed by atoms with van der Waals surface area (Å²) in [7, 11) is 0. The molecule has 1 aromatic carbocycles. The van der Waals surface area contributed by atoms with Crippen molar-refractivity contribution >= 4 is 17.0 Å². The minimum Gasteiger partial charge on any atom is -0.480 e. The van der Waals surface area contributed by atoms with Crippen molar-refractivity contribution in [2.24, 2.45) is 11.8 Å². The number of hydrogen-bond donors (Lipinski definition) is 1. The molecule has 2 aliphatic rings. The molecule has 2 fully saturated rings. The van der Waals surface area contributed by atoms with Crippen LogP contribution in [0.3, 0.4) is 0 Å². The van der Waals surface area contributed by atoms with Gasteiger partial charge in [0.25, 0.3) is 0 Å². The number of aromatic nitrogens is 2. The number of benzene rings is 1. The van der Waals surface area contributed by atoms with Crippen LogP contribution in [0, 0.1) is 11.8 Å². The molecule has 1 heterocycles. The van der Waals surface area contributed by atoms with E-state index in [9.17, 15) is 9.90 Å². The minimum absolute atomic E-state index is 0.0196. The summed E-state index contributed by atoms with van der Waals surface area (Å²) in [5, 5.41) is 9.18. The summed E-state index contributed by atoms with van der Waals surface area (Å²) in [5.41, 5.74) is 1.88. The number of rotatable bonds is 3. The van der Waals surface area contributed by atoms with Gasteiger partial charge in [0.05, 0.1) is 11.0 Å². The molecule has 0 amide bonds. The molecule has 2 aliphatic carbocycles. The third kappa shape index (κ3) is 1.74. The average molecular weight is 270 g/mol. The number of fused-ring (bicyclic) bond motifs is 2. The lowest BCUT2D eigenvalue weighted by Crippen LogP contribution is -2.12. The van der Waals surface area contributed by atoms with Gasteiger partial charge in [-0.1, -0.05) is 25.0 Å². The number of nitrogens with zero attached hydrogens (tertiary/aromatic N) is 2. The predicted octanol–water partition coefficient (Wildman–Crippen LogP) is 3.02. The Kier molecular flexibility index (Phi) is 2.59. The fourth-order valence-corrected chi connectivity index (χ4v) is 4.03. The Balaban J connectivity index is 1.80. The van der Waals surface area contributed by atoms with Crippen LogP contribution in [0.4, 0.5) is 0 Å². The Morgan fingerprint density at radius 1 is 1.25 bits per heavy atom. The first kappa shape index (κ1) is 11.9. The van der Waals surface area contributed by atoms with Crippen LogP contribution < -0.4 is 0 Å². The maximum atomic E-state index is 11.2. The van der Waals surface area contributed by atoms with E-state index < -0.39 is 5.97 Å². The minimum atomic E-state index is -0.793. The smallest absolute Gasteiger partial charge is 0.323 e. The Bertz CT molecular complexity index is 664. The summed E-state index contributed by atoms with van der Waals surface area (Å²) in [6.07, 6.45) is 5.20. The summed E-state index contributed by atoms with van der Waals surface area (Å²) in [6.45, 7) is 0.0196. The second kappa shape index (κ2) is 4.33. The van der Waals surface area contributed by atoms with Crippen LogP contribution in [0.1, 0.15) is 37.4 Å². The first-order valence-corrected chi connectivity index (χ1v) is 7.42. The topological polar surface area (TPSA) is 55.1 Å². The number of imidazole rings is 1. The van der Waals surface area contributed by atoms with E-state index in [0.717, 1.165) is 28.7 Å². The summed E-state index contributed by atoms with van der Waals surface area (Å²) in [5.74, 6) is 2.19. The van der Waals surface area contributed by atoms with E-state index in [4.69, 9.17) is 4.98 Å². The van der Waals surface area contributed by atoms with Crippen molar-refractivity contribution in [3.63, 3.8) is 0 Å². The van der Waals surface area contributed by atoms with E-state index in [0.29, 0.717) is 5.92 Å². The first-order chi connectivity index (χ1) is 9.75. The Labute approximate surface area is 117 Å². The first-order valence-electron chi connectivity index (χ1n) is 7.42. The predicted molar refractivity (Wildman–Crippen MR) is 75.6 cm³/mol. The van der Waals surface area contributed by atoms with Gasteiger partial charge >= 0.3 is 5.97 Å². The highest BCUT2D eigenvalue weighted by atomic mass is 16.4. The van der Waals surface area contributed by atoms with Gasteiger partial charge in [0.15, 0.2) is 0 Å². The molecule has 0 radical (unpaired) electrons. The van der Waals surface area contributed by atoms with Crippen LogP contribution in [0.5, 0.6) is 0 Å². The molecule has 20 heavy (non-hydrogen) atoms. The number of hydrogen-bond acceptors (Lipinski definition) is 2. The summed E-state index contributed by atoms with van der Waals surface area (Å²) >= 11 is 0. The zero-order chi connectivity index (χ0) is 13.7. The van der Waals surface area contributed by atoms with E-state index in [1.165, 1.54) is 25.7 Å². The number of para-hydroxylation sites is 2. The van der Waals surface area contributed by atoms with Crippen molar-refractivity contribution in [3.05, 3.63) is 30.1 Å². The highest BCUT2D eigenvalue weighted by molar-refractivity contribution is 5.78. The van der Waals surface area contributed by atoms with Gasteiger partial charge in [-0.05, 0) is 36.8 Å². The van der Waals surface area contributed by atoms with Gasteiger partial charge in [-0.25, -0.2) is 4.98 Å². The molecule has 4 heteroatoms. The molecule has 104 valence electrons. The van der Waals surface area contributed by atoms with E-state index >= 15 is 0 Å². The quantitative estimate of drug-likeness (QED) is 0.932. The standard InChI is InChI=1S/C16H18N2O2/c19-14(20)9-18-13-8-4-3-7-12(13)17-16(18)15-10-5-1-2-6-11(10)15/h3-4,7-8,10-11,15H,1-2,5-6,9H2,(H,19,20). The maximum Gasteiger partial charge on any atom is 0.323 e. The largest absolute Gasteiger partial charge is 0.480 e. The van der Waals surface area contributed by atoms with Crippen LogP contribution in [-0.2, 0) is 11.3 Å². The third-order valence-corrected chi connectivity index (χ3v) is 4.93. The molecule has 0 spiro atoms. The van der Waals surface area contributed by atoms with Crippen LogP contribution in [0.15, 0.2) is 24.3 Å². The van der Waals surface area contributed by atoms with Gasteiger partial charge in [0.1, 0.15) is 12.4 Å². The molecule has 4 rings (SSSR count). The highest BCUT2D eigenvalue weighted by Crippen LogP contribution is 2.61. The molecule has 2 saturated carbocycles. The molecular weight excluding hydrogens is 252 g/mol. The molecule has 1 aromatic heterocycles. The van der Waals surface area contributed by atoms with Crippen molar-refractivity contribution in [1.29, 1.82) is 0 Å². The van der Waals surface area contributed by atoms with Gasteiger partial charge < -0.3 is 9.67 Å². The molecule has 0 bridgehead atoms. The van der Waals surface area contributed by atoms with Gasteiger partial charge in [-0.3, -0.25) is 4.79 Å². The van der Waals surface area contributed by atoms with E-state index in [1.807, 2.05) is 28.8 Å². The van der Waals surface area contributed by atoms with E-state index in [2.05, 4.69) is 0 Å². The second-order valence-corrected chi connectivity index (χ2v) is 6.08. The lowest BCUT2D eigenvalue weighted by atomic mass is 10.0. The Hall–Kier alpha value is -1.84. The zero-order valence-corrected chi connectivity index (χ0v) is 11.3. The SMILES string of the molecule is O=C(O)Cn1c(C2C3CCCCC32)nc2ccccc21. The third-order valence-electron chi connectivity index (χ3n) is 4.93. The lowest BCUT2D eigenvalue weighted by Gasteiger charge is -2.05. The fraction of sp³-hybridized carbons (Fsp3) is 0.500. The van der Waals surface area contributed by atoms with Crippen molar-refractivity contribution in [3.8, 4) is 0 Å². The summed E-state index contributed by atoms with van der Waals surface area (Å²) < 4.78 is 1.92.